The predicted octanol–water partition coefficient (Wildman–Crippen LogP) is -0.753. The molecule has 12 heavy (non-hydrogen) atoms. The van der Waals surface area contributed by atoms with E-state index in [1.807, 2.05) is 6.92 Å². The molecule has 0 aliphatic carbocycles. The summed E-state index contributed by atoms with van der Waals surface area (Å²) in [4.78, 5) is 2.16. The molecule has 0 amide bonds. The molecular weight excluding hydrogens is 156 g/mol. The molecule has 2 N–H and O–H groups in total. The second-order valence-corrected chi connectivity index (χ2v) is 3.04. The number of hydrogen-bond acceptors (Lipinski definition) is 4. The van der Waals surface area contributed by atoms with Gasteiger partial charge >= 0.3 is 0 Å². The van der Waals surface area contributed by atoms with E-state index in [4.69, 9.17) is 9.84 Å². The Kier molecular flexibility index (Phi) is 4.53. The Bertz CT molecular complexity index is 116. The van der Waals surface area contributed by atoms with Gasteiger partial charge in [0.05, 0.1) is 12.7 Å². The Morgan fingerprint density at radius 2 is 2.33 bits per heavy atom. The van der Waals surface area contributed by atoms with Crippen LogP contribution in [0.5, 0.6) is 0 Å². The zero-order valence-corrected chi connectivity index (χ0v) is 7.62. The van der Waals surface area contributed by atoms with Gasteiger partial charge in [-0.05, 0) is 6.92 Å². The molecule has 0 atom stereocenters. The second kappa shape index (κ2) is 5.48. The van der Waals surface area contributed by atoms with Crippen LogP contribution in [0, 0.1) is 0 Å². The smallest absolute Gasteiger partial charge is 0.0794 e. The summed E-state index contributed by atoms with van der Waals surface area (Å²) >= 11 is 0. The quantitative estimate of drug-likeness (QED) is 0.520. The van der Waals surface area contributed by atoms with E-state index in [1.54, 1.807) is 0 Å². The Morgan fingerprint density at radius 3 is 2.92 bits per heavy atom. The van der Waals surface area contributed by atoms with Gasteiger partial charge < -0.3 is 15.2 Å². The molecule has 0 unspecified atom stereocenters. The minimum absolute atomic E-state index is 0.0984. The normalized spacial score (nSPS) is 19.5. The summed E-state index contributed by atoms with van der Waals surface area (Å²) in [6.45, 7) is 6.91. The fraction of sp³-hybridized carbons (Fsp3) is 1.00. The van der Waals surface area contributed by atoms with E-state index in [0.29, 0.717) is 0 Å². The summed E-state index contributed by atoms with van der Waals surface area (Å²) in [5, 5.41) is 12.2. The van der Waals surface area contributed by atoms with Crippen molar-refractivity contribution in [1.29, 1.82) is 0 Å². The van der Waals surface area contributed by atoms with Crippen molar-refractivity contribution in [2.24, 2.45) is 0 Å². The third-order valence-corrected chi connectivity index (χ3v) is 1.90. The van der Waals surface area contributed by atoms with Crippen molar-refractivity contribution < 1.29 is 9.84 Å². The van der Waals surface area contributed by atoms with Gasteiger partial charge in [0, 0.05) is 32.9 Å². The van der Waals surface area contributed by atoms with Crippen molar-refractivity contribution in [3.05, 3.63) is 0 Å². The summed E-state index contributed by atoms with van der Waals surface area (Å²) in [7, 11) is 0. The van der Waals surface area contributed by atoms with Crippen LogP contribution in [0.1, 0.15) is 6.92 Å². The molecule has 4 nitrogen and oxygen atoms in total. The van der Waals surface area contributed by atoms with Crippen LogP contribution in [-0.4, -0.2) is 55.6 Å². The zero-order valence-electron chi connectivity index (χ0n) is 7.62. The van der Waals surface area contributed by atoms with Gasteiger partial charge in [-0.1, -0.05) is 0 Å². The van der Waals surface area contributed by atoms with Crippen LogP contribution in [0.3, 0.4) is 0 Å². The molecule has 0 spiro atoms. The molecule has 0 bridgehead atoms. The summed E-state index contributed by atoms with van der Waals surface area (Å²) in [5.74, 6) is 0. The Labute approximate surface area is 73.5 Å². The summed E-state index contributed by atoms with van der Waals surface area (Å²) in [6, 6.07) is 0. The lowest BCUT2D eigenvalue weighted by molar-refractivity contribution is -0.00342. The van der Waals surface area contributed by atoms with Crippen LogP contribution in [-0.2, 0) is 4.74 Å². The molecule has 1 fully saturated rings. The minimum Gasteiger partial charge on any atom is -0.390 e. The molecular formula is C8H18N2O2. The highest BCUT2D eigenvalue weighted by Gasteiger charge is 2.22. The third-order valence-electron chi connectivity index (χ3n) is 1.90. The van der Waals surface area contributed by atoms with Gasteiger partial charge in [0.25, 0.3) is 0 Å². The highest BCUT2D eigenvalue weighted by molar-refractivity contribution is 4.77. The molecule has 0 saturated carbocycles. The van der Waals surface area contributed by atoms with E-state index in [9.17, 15) is 0 Å². The molecule has 0 radical (unpaired) electrons. The fourth-order valence-electron chi connectivity index (χ4n) is 1.20. The lowest BCUT2D eigenvalue weighted by atomic mass is 10.2. The molecule has 1 aliphatic heterocycles. The summed E-state index contributed by atoms with van der Waals surface area (Å²) in [6.07, 6.45) is -0.0984. The largest absolute Gasteiger partial charge is 0.390 e. The molecule has 1 rings (SSSR count). The molecule has 0 aromatic rings. The number of aliphatic hydroxyl groups is 1. The molecule has 72 valence electrons. The van der Waals surface area contributed by atoms with E-state index in [0.717, 1.165) is 39.5 Å². The SMILES string of the molecule is CCOCCNCN1CC(O)C1. The maximum atomic E-state index is 8.96. The number of aliphatic hydroxyl groups excluding tert-OH is 1. The van der Waals surface area contributed by atoms with Gasteiger partial charge in [0.1, 0.15) is 0 Å². The van der Waals surface area contributed by atoms with E-state index in [-0.39, 0.29) is 6.10 Å². The Hall–Kier alpha value is -0.160. The van der Waals surface area contributed by atoms with Crippen LogP contribution < -0.4 is 5.32 Å². The molecule has 0 aromatic heterocycles. The van der Waals surface area contributed by atoms with Crippen molar-refractivity contribution in [2.75, 3.05) is 39.5 Å². The first-order valence-corrected chi connectivity index (χ1v) is 4.51. The first-order chi connectivity index (χ1) is 5.83. The summed E-state index contributed by atoms with van der Waals surface area (Å²) < 4.78 is 5.16. The highest BCUT2D eigenvalue weighted by atomic mass is 16.5. The van der Waals surface area contributed by atoms with Gasteiger partial charge in [0.2, 0.25) is 0 Å². The zero-order chi connectivity index (χ0) is 8.81. The lowest BCUT2D eigenvalue weighted by Crippen LogP contribution is -2.54. The number of nitrogens with one attached hydrogen (secondary N) is 1. The van der Waals surface area contributed by atoms with Crippen molar-refractivity contribution in [3.63, 3.8) is 0 Å². The van der Waals surface area contributed by atoms with Crippen molar-refractivity contribution >= 4 is 0 Å². The van der Waals surface area contributed by atoms with E-state index < -0.39 is 0 Å². The fourth-order valence-corrected chi connectivity index (χ4v) is 1.20. The van der Waals surface area contributed by atoms with Crippen LogP contribution >= 0.6 is 0 Å². The van der Waals surface area contributed by atoms with Crippen LogP contribution in [0.2, 0.25) is 0 Å². The van der Waals surface area contributed by atoms with Crippen LogP contribution in [0.15, 0.2) is 0 Å². The Morgan fingerprint density at radius 1 is 1.58 bits per heavy atom. The number of rotatable bonds is 6. The maximum absolute atomic E-state index is 8.96. The third kappa shape index (κ3) is 3.49. The van der Waals surface area contributed by atoms with Gasteiger partial charge in [-0.25, -0.2) is 0 Å². The topological polar surface area (TPSA) is 44.7 Å². The number of β-amino-alcohol motifs (C(OH)–C–C–N with tert-alkyl or cyclic N) is 1. The van der Waals surface area contributed by atoms with Gasteiger partial charge in [-0.2, -0.15) is 0 Å². The number of ether oxygens (including phenoxy) is 1. The molecule has 0 aromatic carbocycles. The number of nitrogens with zero attached hydrogens (tertiary/aromatic N) is 1. The Balaban J connectivity index is 1.77. The molecule has 4 heteroatoms. The monoisotopic (exact) mass is 174 g/mol. The van der Waals surface area contributed by atoms with Crippen molar-refractivity contribution in [2.45, 2.75) is 13.0 Å². The van der Waals surface area contributed by atoms with Gasteiger partial charge in [-0.3, -0.25) is 4.90 Å². The number of hydrogen-bond donors (Lipinski definition) is 2. The maximum Gasteiger partial charge on any atom is 0.0794 e. The van der Waals surface area contributed by atoms with E-state index in [1.165, 1.54) is 0 Å². The van der Waals surface area contributed by atoms with E-state index >= 15 is 0 Å². The minimum atomic E-state index is -0.0984. The highest BCUT2D eigenvalue weighted by Crippen LogP contribution is 2.03. The number of likely N-dealkylation sites (tertiary alicyclic amines) is 1. The predicted molar refractivity (Wildman–Crippen MR) is 46.9 cm³/mol. The average Bonchev–Trinajstić information content (AvgIpc) is 2.00. The van der Waals surface area contributed by atoms with Crippen LogP contribution in [0.4, 0.5) is 0 Å². The molecule has 1 aliphatic rings. The first-order valence-electron chi connectivity index (χ1n) is 4.51. The second-order valence-electron chi connectivity index (χ2n) is 3.04. The van der Waals surface area contributed by atoms with Gasteiger partial charge in [0.15, 0.2) is 0 Å². The first kappa shape index (κ1) is 9.92. The molecule has 1 heterocycles. The van der Waals surface area contributed by atoms with E-state index in [2.05, 4.69) is 10.2 Å². The van der Waals surface area contributed by atoms with Crippen LogP contribution in [0.25, 0.3) is 0 Å². The van der Waals surface area contributed by atoms with Crippen molar-refractivity contribution in [1.82, 2.24) is 10.2 Å². The molecule has 1 saturated heterocycles. The lowest BCUT2D eigenvalue weighted by Gasteiger charge is -2.35. The average molecular weight is 174 g/mol. The standard InChI is InChI=1S/C8H18N2O2/c1-2-12-4-3-9-7-10-5-8(11)6-10/h8-9,11H,2-7H2,1H3. The summed E-state index contributed by atoms with van der Waals surface area (Å²) in [5.41, 5.74) is 0. The van der Waals surface area contributed by atoms with Gasteiger partial charge in [-0.15, -0.1) is 0 Å². The van der Waals surface area contributed by atoms with Crippen molar-refractivity contribution in [3.8, 4) is 0 Å².